The Balaban J connectivity index is 2.04. The van der Waals surface area contributed by atoms with Crippen molar-refractivity contribution in [1.29, 1.82) is 0 Å². The van der Waals surface area contributed by atoms with Crippen LogP contribution in [0.5, 0.6) is 0 Å². The second kappa shape index (κ2) is 4.69. The van der Waals surface area contributed by atoms with E-state index in [0.29, 0.717) is 12.1 Å². The first-order valence-electron chi connectivity index (χ1n) is 5.27. The smallest absolute Gasteiger partial charge is 0.248 e. The lowest BCUT2D eigenvalue weighted by Crippen LogP contribution is -2.11. The molecule has 5 nitrogen and oxygen atoms in total. The van der Waals surface area contributed by atoms with Crippen molar-refractivity contribution < 1.29 is 4.79 Å². The Morgan fingerprint density at radius 2 is 2.29 bits per heavy atom. The number of nitrogens with zero attached hydrogens (tertiary/aromatic N) is 2. The average molecular weight is 230 g/mol. The summed E-state index contributed by atoms with van der Waals surface area (Å²) in [6, 6.07) is 9.03. The topological polar surface area (TPSA) is 72.9 Å². The molecule has 3 N–H and O–H groups in total. The van der Waals surface area contributed by atoms with E-state index in [1.165, 1.54) is 0 Å². The molecule has 0 fully saturated rings. The van der Waals surface area contributed by atoms with Gasteiger partial charge in [0.15, 0.2) is 0 Å². The molecular formula is C12H14N4O. The number of aromatic nitrogens is 2. The first kappa shape index (κ1) is 11.2. The van der Waals surface area contributed by atoms with Gasteiger partial charge < -0.3 is 11.1 Å². The van der Waals surface area contributed by atoms with Crippen LogP contribution >= 0.6 is 0 Å². The van der Waals surface area contributed by atoms with Crippen LogP contribution in [0.1, 0.15) is 16.1 Å². The van der Waals surface area contributed by atoms with E-state index in [-0.39, 0.29) is 0 Å². The van der Waals surface area contributed by atoms with Gasteiger partial charge in [-0.1, -0.05) is 6.07 Å². The van der Waals surface area contributed by atoms with Crippen LogP contribution in [0.3, 0.4) is 0 Å². The van der Waals surface area contributed by atoms with Crippen molar-refractivity contribution in [3.8, 4) is 0 Å². The van der Waals surface area contributed by atoms with Gasteiger partial charge in [-0.2, -0.15) is 5.10 Å². The van der Waals surface area contributed by atoms with E-state index in [4.69, 9.17) is 5.73 Å². The molecule has 1 amide bonds. The molecule has 1 heterocycles. The number of nitrogens with two attached hydrogens (primary N) is 1. The Morgan fingerprint density at radius 3 is 2.94 bits per heavy atom. The molecular weight excluding hydrogens is 216 g/mol. The van der Waals surface area contributed by atoms with Crippen molar-refractivity contribution >= 4 is 11.6 Å². The highest BCUT2D eigenvalue weighted by Gasteiger charge is 2.01. The molecule has 0 bridgehead atoms. The molecule has 17 heavy (non-hydrogen) atoms. The molecule has 0 radical (unpaired) electrons. The van der Waals surface area contributed by atoms with E-state index < -0.39 is 5.91 Å². The SMILES string of the molecule is Cn1ccc(CNc2cccc(C(N)=O)c2)n1. The number of hydrogen-bond acceptors (Lipinski definition) is 3. The summed E-state index contributed by atoms with van der Waals surface area (Å²) in [5.74, 6) is -0.425. The van der Waals surface area contributed by atoms with Crippen molar-refractivity contribution in [3.05, 3.63) is 47.8 Å². The summed E-state index contributed by atoms with van der Waals surface area (Å²) in [6.45, 7) is 0.614. The normalized spacial score (nSPS) is 10.2. The third kappa shape index (κ3) is 2.84. The van der Waals surface area contributed by atoms with Crippen LogP contribution < -0.4 is 11.1 Å². The van der Waals surface area contributed by atoms with Crippen molar-refractivity contribution in [2.75, 3.05) is 5.32 Å². The summed E-state index contributed by atoms with van der Waals surface area (Å²) in [5, 5.41) is 7.43. The fraction of sp³-hybridized carbons (Fsp3) is 0.167. The van der Waals surface area contributed by atoms with Crippen LogP contribution in [-0.4, -0.2) is 15.7 Å². The number of carbonyl (C=O) groups is 1. The van der Waals surface area contributed by atoms with Gasteiger partial charge in [-0.25, -0.2) is 0 Å². The van der Waals surface area contributed by atoms with E-state index in [9.17, 15) is 4.79 Å². The minimum absolute atomic E-state index is 0.425. The summed E-state index contributed by atoms with van der Waals surface area (Å²) < 4.78 is 1.75. The molecule has 0 saturated heterocycles. The molecule has 2 aromatic rings. The predicted molar refractivity (Wildman–Crippen MR) is 65.5 cm³/mol. The molecule has 0 aliphatic heterocycles. The monoisotopic (exact) mass is 230 g/mol. The first-order chi connectivity index (χ1) is 8.15. The molecule has 2 rings (SSSR count). The van der Waals surface area contributed by atoms with Gasteiger partial charge in [0.2, 0.25) is 5.91 Å². The number of carbonyl (C=O) groups excluding carboxylic acids is 1. The molecule has 88 valence electrons. The maximum absolute atomic E-state index is 11.0. The van der Waals surface area contributed by atoms with Gasteiger partial charge >= 0.3 is 0 Å². The number of nitrogens with one attached hydrogen (secondary N) is 1. The molecule has 5 heteroatoms. The maximum Gasteiger partial charge on any atom is 0.248 e. The van der Waals surface area contributed by atoms with Gasteiger partial charge in [-0.3, -0.25) is 9.48 Å². The fourth-order valence-corrected chi connectivity index (χ4v) is 1.53. The van der Waals surface area contributed by atoms with Crippen LogP contribution in [0.4, 0.5) is 5.69 Å². The largest absolute Gasteiger partial charge is 0.379 e. The zero-order chi connectivity index (χ0) is 12.3. The van der Waals surface area contributed by atoms with Gasteiger partial charge in [-0.05, 0) is 24.3 Å². The number of aryl methyl sites for hydroxylation is 1. The number of benzene rings is 1. The van der Waals surface area contributed by atoms with Gasteiger partial charge in [-0.15, -0.1) is 0 Å². The second-order valence-corrected chi connectivity index (χ2v) is 3.78. The Morgan fingerprint density at radius 1 is 1.47 bits per heavy atom. The minimum Gasteiger partial charge on any atom is -0.379 e. The van der Waals surface area contributed by atoms with Crippen molar-refractivity contribution in [1.82, 2.24) is 9.78 Å². The van der Waals surface area contributed by atoms with Gasteiger partial charge in [0.05, 0.1) is 12.2 Å². The van der Waals surface area contributed by atoms with Crippen molar-refractivity contribution in [2.24, 2.45) is 12.8 Å². The molecule has 0 unspecified atom stereocenters. The lowest BCUT2D eigenvalue weighted by Gasteiger charge is -2.05. The van der Waals surface area contributed by atoms with Gasteiger partial charge in [0.1, 0.15) is 0 Å². The molecule has 0 aliphatic carbocycles. The highest BCUT2D eigenvalue weighted by Crippen LogP contribution is 2.11. The van der Waals surface area contributed by atoms with Crippen LogP contribution in [0, 0.1) is 0 Å². The summed E-state index contributed by atoms with van der Waals surface area (Å²) >= 11 is 0. The Hall–Kier alpha value is -2.30. The summed E-state index contributed by atoms with van der Waals surface area (Å²) in [4.78, 5) is 11.0. The van der Waals surface area contributed by atoms with Crippen LogP contribution in [-0.2, 0) is 13.6 Å². The zero-order valence-corrected chi connectivity index (χ0v) is 9.55. The van der Waals surface area contributed by atoms with Crippen LogP contribution in [0.25, 0.3) is 0 Å². The van der Waals surface area contributed by atoms with Crippen LogP contribution in [0.2, 0.25) is 0 Å². The van der Waals surface area contributed by atoms with E-state index in [2.05, 4.69) is 10.4 Å². The van der Waals surface area contributed by atoms with Crippen LogP contribution in [0.15, 0.2) is 36.5 Å². The second-order valence-electron chi connectivity index (χ2n) is 3.78. The maximum atomic E-state index is 11.0. The highest BCUT2D eigenvalue weighted by atomic mass is 16.1. The Labute approximate surface area is 99.2 Å². The fourth-order valence-electron chi connectivity index (χ4n) is 1.53. The lowest BCUT2D eigenvalue weighted by molar-refractivity contribution is 0.100. The van der Waals surface area contributed by atoms with E-state index in [1.54, 1.807) is 22.9 Å². The number of anilines is 1. The quantitative estimate of drug-likeness (QED) is 0.827. The first-order valence-corrected chi connectivity index (χ1v) is 5.27. The third-order valence-corrected chi connectivity index (χ3v) is 2.39. The van der Waals surface area contributed by atoms with Gasteiger partial charge in [0.25, 0.3) is 0 Å². The Kier molecular flexibility index (Phi) is 3.09. The number of rotatable bonds is 4. The van der Waals surface area contributed by atoms with Crippen molar-refractivity contribution in [3.63, 3.8) is 0 Å². The summed E-state index contributed by atoms with van der Waals surface area (Å²) in [5.41, 5.74) is 7.50. The molecule has 0 atom stereocenters. The number of primary amides is 1. The van der Waals surface area contributed by atoms with E-state index >= 15 is 0 Å². The standard InChI is InChI=1S/C12H14N4O/c1-16-6-5-11(15-16)8-14-10-4-2-3-9(7-10)12(13)17/h2-7,14H,8H2,1H3,(H2,13,17). The summed E-state index contributed by atoms with van der Waals surface area (Å²) in [6.07, 6.45) is 1.89. The minimum atomic E-state index is -0.425. The summed E-state index contributed by atoms with van der Waals surface area (Å²) in [7, 11) is 1.87. The number of amides is 1. The molecule has 0 spiro atoms. The molecule has 1 aromatic carbocycles. The highest BCUT2D eigenvalue weighted by molar-refractivity contribution is 5.93. The Bertz CT molecular complexity index is 533. The third-order valence-electron chi connectivity index (χ3n) is 2.39. The zero-order valence-electron chi connectivity index (χ0n) is 9.55. The van der Waals surface area contributed by atoms with E-state index in [1.807, 2.05) is 25.4 Å². The predicted octanol–water partition coefficient (Wildman–Crippen LogP) is 1.13. The van der Waals surface area contributed by atoms with E-state index in [0.717, 1.165) is 11.4 Å². The number of hydrogen-bond donors (Lipinski definition) is 2. The average Bonchev–Trinajstić information content (AvgIpc) is 2.73. The molecule has 1 aromatic heterocycles. The molecule has 0 saturated carbocycles. The lowest BCUT2D eigenvalue weighted by atomic mass is 10.2. The van der Waals surface area contributed by atoms with Gasteiger partial charge in [0, 0.05) is 24.5 Å². The molecule has 0 aliphatic rings. The van der Waals surface area contributed by atoms with Crippen molar-refractivity contribution in [2.45, 2.75) is 6.54 Å².